The number of phenolic OH excluding ortho intramolecular Hbond substituents is 1. The lowest BCUT2D eigenvalue weighted by molar-refractivity contribution is 0.459. The molecule has 1 atom stereocenters. The minimum absolute atomic E-state index is 0.0603. The summed E-state index contributed by atoms with van der Waals surface area (Å²) in [5.74, 6) is 0.0603. The fourth-order valence-electron chi connectivity index (χ4n) is 1.17. The molecule has 5 N–H and O–H groups in total. The summed E-state index contributed by atoms with van der Waals surface area (Å²) in [6.07, 6.45) is 0.633. The van der Waals surface area contributed by atoms with E-state index in [2.05, 4.69) is 0 Å². The fourth-order valence-corrected chi connectivity index (χ4v) is 1.35. The van der Waals surface area contributed by atoms with Crippen LogP contribution in [-0.2, 0) is 0 Å². The third-order valence-corrected chi connectivity index (χ3v) is 2.20. The van der Waals surface area contributed by atoms with Crippen molar-refractivity contribution in [3.8, 4) is 5.75 Å². The number of hydrogen-bond donors (Lipinski definition) is 3. The van der Waals surface area contributed by atoms with Gasteiger partial charge in [-0.15, -0.1) is 0 Å². The van der Waals surface area contributed by atoms with Crippen LogP contribution in [0.2, 0.25) is 5.02 Å². The van der Waals surface area contributed by atoms with Crippen molar-refractivity contribution in [2.24, 2.45) is 11.5 Å². The van der Waals surface area contributed by atoms with Crippen molar-refractivity contribution in [2.75, 3.05) is 6.54 Å². The van der Waals surface area contributed by atoms with Gasteiger partial charge in [-0.25, -0.2) is 0 Å². The van der Waals surface area contributed by atoms with Crippen molar-refractivity contribution in [3.05, 3.63) is 28.8 Å². The lowest BCUT2D eigenvalue weighted by Gasteiger charge is -2.12. The van der Waals surface area contributed by atoms with Crippen LogP contribution in [0, 0.1) is 0 Å². The number of benzene rings is 1. The lowest BCUT2D eigenvalue weighted by Crippen LogP contribution is -2.15. The third-order valence-electron chi connectivity index (χ3n) is 1.90. The minimum atomic E-state index is -0.247. The highest BCUT2D eigenvalue weighted by Crippen LogP contribution is 2.31. The van der Waals surface area contributed by atoms with E-state index in [0.29, 0.717) is 23.6 Å². The van der Waals surface area contributed by atoms with Crippen molar-refractivity contribution in [3.63, 3.8) is 0 Å². The Labute approximate surface area is 82.3 Å². The van der Waals surface area contributed by atoms with Crippen LogP contribution in [0.5, 0.6) is 5.75 Å². The highest BCUT2D eigenvalue weighted by atomic mass is 35.5. The van der Waals surface area contributed by atoms with E-state index >= 15 is 0 Å². The summed E-state index contributed by atoms with van der Waals surface area (Å²) in [6.45, 7) is 0.493. The van der Waals surface area contributed by atoms with Crippen molar-refractivity contribution in [1.82, 2.24) is 0 Å². The molecule has 1 aromatic rings. The quantitative estimate of drug-likeness (QED) is 0.691. The van der Waals surface area contributed by atoms with Gasteiger partial charge in [0.25, 0.3) is 0 Å². The molecule has 0 amide bonds. The molecule has 1 rings (SSSR count). The molecule has 72 valence electrons. The lowest BCUT2D eigenvalue weighted by atomic mass is 10.0. The SMILES string of the molecule is NCC[C@@H](N)c1cccc(Cl)c1O. The summed E-state index contributed by atoms with van der Waals surface area (Å²) in [5.41, 5.74) is 11.8. The Morgan fingerprint density at radius 2 is 2.15 bits per heavy atom. The van der Waals surface area contributed by atoms with Crippen LogP contribution in [0.15, 0.2) is 18.2 Å². The smallest absolute Gasteiger partial charge is 0.138 e. The van der Waals surface area contributed by atoms with E-state index in [0.717, 1.165) is 0 Å². The largest absolute Gasteiger partial charge is 0.506 e. The first-order valence-corrected chi connectivity index (χ1v) is 4.47. The van der Waals surface area contributed by atoms with E-state index in [1.165, 1.54) is 0 Å². The highest BCUT2D eigenvalue weighted by Gasteiger charge is 2.11. The Morgan fingerprint density at radius 1 is 1.46 bits per heavy atom. The zero-order chi connectivity index (χ0) is 9.84. The first-order valence-electron chi connectivity index (χ1n) is 4.10. The number of para-hydroxylation sites is 1. The molecule has 0 fully saturated rings. The van der Waals surface area contributed by atoms with Gasteiger partial charge in [-0.2, -0.15) is 0 Å². The number of phenols is 1. The van der Waals surface area contributed by atoms with Crippen LogP contribution < -0.4 is 11.5 Å². The van der Waals surface area contributed by atoms with Gasteiger partial charge in [0.1, 0.15) is 5.75 Å². The molecule has 0 aromatic heterocycles. The third kappa shape index (κ3) is 2.34. The molecule has 0 saturated carbocycles. The Hall–Kier alpha value is -0.770. The standard InChI is InChI=1S/C9H13ClN2O/c10-7-3-1-2-6(9(7)13)8(12)4-5-11/h1-3,8,13H,4-5,11-12H2/t8-/m1/s1. The average Bonchev–Trinajstić information content (AvgIpc) is 2.10. The highest BCUT2D eigenvalue weighted by molar-refractivity contribution is 6.32. The first kappa shape index (κ1) is 10.3. The van der Waals surface area contributed by atoms with E-state index in [-0.39, 0.29) is 11.8 Å². The van der Waals surface area contributed by atoms with Gasteiger partial charge in [-0.1, -0.05) is 23.7 Å². The molecular weight excluding hydrogens is 188 g/mol. The molecule has 0 bridgehead atoms. The molecule has 0 heterocycles. The van der Waals surface area contributed by atoms with E-state index in [4.69, 9.17) is 23.1 Å². The minimum Gasteiger partial charge on any atom is -0.506 e. The maximum Gasteiger partial charge on any atom is 0.138 e. The van der Waals surface area contributed by atoms with Crippen molar-refractivity contribution in [1.29, 1.82) is 0 Å². The maximum absolute atomic E-state index is 9.54. The van der Waals surface area contributed by atoms with Gasteiger partial charge < -0.3 is 16.6 Å². The molecular formula is C9H13ClN2O. The van der Waals surface area contributed by atoms with Gasteiger partial charge in [-0.3, -0.25) is 0 Å². The summed E-state index contributed by atoms with van der Waals surface area (Å²) in [6, 6.07) is 4.88. The predicted molar refractivity (Wildman–Crippen MR) is 53.7 cm³/mol. The second-order valence-corrected chi connectivity index (χ2v) is 3.27. The number of rotatable bonds is 3. The Kier molecular flexibility index (Phi) is 3.54. The van der Waals surface area contributed by atoms with Crippen LogP contribution in [0.25, 0.3) is 0 Å². The molecule has 0 aliphatic carbocycles. The number of hydrogen-bond acceptors (Lipinski definition) is 3. The van der Waals surface area contributed by atoms with Gasteiger partial charge in [0.2, 0.25) is 0 Å². The summed E-state index contributed by atoms with van der Waals surface area (Å²) in [4.78, 5) is 0. The molecule has 3 nitrogen and oxygen atoms in total. The molecule has 4 heteroatoms. The van der Waals surface area contributed by atoms with Gasteiger partial charge in [0.05, 0.1) is 5.02 Å². The summed E-state index contributed by atoms with van der Waals surface area (Å²) in [5, 5.41) is 9.87. The molecule has 1 aromatic carbocycles. The molecule has 0 aliphatic rings. The van der Waals surface area contributed by atoms with Gasteiger partial charge in [0.15, 0.2) is 0 Å². The zero-order valence-corrected chi connectivity index (χ0v) is 7.96. The Bertz CT molecular complexity index is 291. The van der Waals surface area contributed by atoms with E-state index in [9.17, 15) is 5.11 Å². The van der Waals surface area contributed by atoms with Crippen LogP contribution in [0.3, 0.4) is 0 Å². The topological polar surface area (TPSA) is 72.3 Å². The maximum atomic E-state index is 9.54. The molecule has 0 unspecified atom stereocenters. The normalized spacial score (nSPS) is 12.8. The van der Waals surface area contributed by atoms with E-state index in [1.807, 2.05) is 0 Å². The molecule has 0 aliphatic heterocycles. The van der Waals surface area contributed by atoms with E-state index in [1.54, 1.807) is 18.2 Å². The van der Waals surface area contributed by atoms with Gasteiger partial charge in [0, 0.05) is 11.6 Å². The molecule has 0 radical (unpaired) electrons. The molecule has 0 saturated heterocycles. The van der Waals surface area contributed by atoms with E-state index < -0.39 is 0 Å². The number of aromatic hydroxyl groups is 1. The molecule has 13 heavy (non-hydrogen) atoms. The van der Waals surface area contributed by atoms with Gasteiger partial charge in [-0.05, 0) is 19.0 Å². The van der Waals surface area contributed by atoms with Crippen LogP contribution in [0.4, 0.5) is 0 Å². The van der Waals surface area contributed by atoms with Crippen LogP contribution in [0.1, 0.15) is 18.0 Å². The molecule has 0 spiro atoms. The van der Waals surface area contributed by atoms with Crippen LogP contribution in [-0.4, -0.2) is 11.7 Å². The van der Waals surface area contributed by atoms with Gasteiger partial charge >= 0.3 is 0 Å². The summed E-state index contributed by atoms with van der Waals surface area (Å²) >= 11 is 5.72. The second kappa shape index (κ2) is 4.46. The second-order valence-electron chi connectivity index (χ2n) is 2.86. The Balaban J connectivity index is 2.93. The Morgan fingerprint density at radius 3 is 2.77 bits per heavy atom. The predicted octanol–water partition coefficient (Wildman–Crippen LogP) is 1.39. The number of halogens is 1. The van der Waals surface area contributed by atoms with Crippen molar-refractivity contribution in [2.45, 2.75) is 12.5 Å². The van der Waals surface area contributed by atoms with Crippen molar-refractivity contribution >= 4 is 11.6 Å². The fraction of sp³-hybridized carbons (Fsp3) is 0.333. The van der Waals surface area contributed by atoms with Crippen molar-refractivity contribution < 1.29 is 5.11 Å². The average molecular weight is 201 g/mol. The summed E-state index contributed by atoms with van der Waals surface area (Å²) < 4.78 is 0. The zero-order valence-electron chi connectivity index (χ0n) is 7.20. The monoisotopic (exact) mass is 200 g/mol. The first-order chi connectivity index (χ1) is 6.16. The number of nitrogens with two attached hydrogens (primary N) is 2. The van der Waals surface area contributed by atoms with Crippen LogP contribution >= 0.6 is 11.6 Å². The summed E-state index contributed by atoms with van der Waals surface area (Å²) in [7, 11) is 0.